The Bertz CT molecular complexity index is 134. The molecule has 0 aromatic heterocycles. The average Bonchev–Trinajstić information content (AvgIpc) is 0.722. The van der Waals surface area contributed by atoms with Gasteiger partial charge < -0.3 is 6.90 Å². The Kier molecular flexibility index (Phi) is 12.7. The van der Waals surface area contributed by atoms with Crippen LogP contribution in [-0.2, 0) is 24.5 Å². The van der Waals surface area contributed by atoms with Crippen LogP contribution in [0.15, 0.2) is 0 Å². The molecule has 0 amide bonds. The van der Waals surface area contributed by atoms with Gasteiger partial charge in [-0.15, -0.1) is 0 Å². The van der Waals surface area contributed by atoms with Gasteiger partial charge in [-0.3, -0.25) is 0 Å². The Hall–Kier alpha value is 1.48. The van der Waals surface area contributed by atoms with Gasteiger partial charge in [0.1, 0.15) is 0 Å². The van der Waals surface area contributed by atoms with Gasteiger partial charge in [-0.25, -0.2) is 0 Å². The fourth-order valence-electron chi connectivity index (χ4n) is 0. The fraction of sp³-hybridized carbons (Fsp3) is 0. The molecule has 0 unspecified atom stereocenters. The van der Waals surface area contributed by atoms with Gasteiger partial charge in [0, 0.05) is 0 Å². The Balaban J connectivity index is -0.0000000267. The van der Waals surface area contributed by atoms with Crippen molar-refractivity contribution >= 4 is 0 Å². The molecule has 5 nitrogen and oxygen atoms in total. The van der Waals surface area contributed by atoms with Crippen LogP contribution < -0.4 is 51.4 Å². The van der Waals surface area contributed by atoms with E-state index < -0.39 is 13.0 Å². The van der Waals surface area contributed by atoms with Crippen LogP contribution in [0.5, 0.6) is 0 Å². The molecule has 0 saturated carbocycles. The molecule has 0 fully saturated rings. The zero-order valence-corrected chi connectivity index (χ0v) is 7.85. The first-order valence-electron chi connectivity index (χ1n) is 0.632. The summed E-state index contributed by atoms with van der Waals surface area (Å²) in [6, 6.07) is 0. The standard InChI is InChI=1S/K.Mn.2H2O.3O.H/h;;2*1H2;;;;/q2*+1;;;;;;-1/p-1. The molecule has 0 aliphatic rings. The van der Waals surface area contributed by atoms with E-state index in [-0.39, 0.29) is 58.3 Å². The van der Waals surface area contributed by atoms with Crippen molar-refractivity contribution in [2.45, 2.75) is 0 Å². The van der Waals surface area contributed by atoms with E-state index in [9.17, 15) is 0 Å². The van der Waals surface area contributed by atoms with E-state index in [1.807, 2.05) is 0 Å². The zero-order chi connectivity index (χ0) is 4.50. The van der Waals surface area contributed by atoms with E-state index in [1.54, 1.807) is 0 Å². The Morgan fingerprint density at radius 2 is 1.29 bits per heavy atom. The third-order valence-corrected chi connectivity index (χ3v) is 0. The van der Waals surface area contributed by atoms with E-state index in [2.05, 4.69) is 0 Å². The molecule has 0 saturated heterocycles. The molecule has 0 bridgehead atoms. The van der Waals surface area contributed by atoms with Gasteiger partial charge in [0.05, 0.1) is 0 Å². The van der Waals surface area contributed by atoms with Crippen molar-refractivity contribution < 1.29 is 87.0 Å². The summed E-state index contributed by atoms with van der Waals surface area (Å²) >= 11 is -5.38. The molecule has 7 heteroatoms. The molecule has 0 atom stereocenters. The summed E-state index contributed by atoms with van der Waals surface area (Å²) in [7, 11) is 0. The second-order valence-corrected chi connectivity index (χ2v) is 1.63. The maximum atomic E-state index is 8.69. The van der Waals surface area contributed by atoms with E-state index >= 15 is 0 Å². The summed E-state index contributed by atoms with van der Waals surface area (Å²) in [5.74, 6) is 0. The molecule has 0 aromatic carbocycles. The summed E-state index contributed by atoms with van der Waals surface area (Å²) in [5.41, 5.74) is 0. The van der Waals surface area contributed by atoms with Crippen LogP contribution in [0.4, 0.5) is 0 Å². The van der Waals surface area contributed by atoms with E-state index in [0.29, 0.717) is 0 Å². The SMILES string of the molecule is O.[H-].[K+].[O]=[Mn](=[O])(=[O])[OH]. The molecule has 0 rings (SSSR count). The molecule has 0 spiro atoms. The summed E-state index contributed by atoms with van der Waals surface area (Å²) in [4.78, 5) is 0. The second-order valence-electron chi connectivity index (χ2n) is 0.396. The Morgan fingerprint density at radius 3 is 1.29 bits per heavy atom. The molecule has 42 valence electrons. The van der Waals surface area contributed by atoms with E-state index in [4.69, 9.17) is 15.7 Å². The summed E-state index contributed by atoms with van der Waals surface area (Å²) < 4.78 is 33.1. The van der Waals surface area contributed by atoms with Crippen molar-refractivity contribution in [3.05, 3.63) is 0 Å². The monoisotopic (exact) mass is 178 g/mol. The van der Waals surface area contributed by atoms with Gasteiger partial charge in [0.2, 0.25) is 0 Å². The molecule has 0 aliphatic carbocycles. The van der Waals surface area contributed by atoms with Crippen LogP contribution in [0.25, 0.3) is 0 Å². The van der Waals surface area contributed by atoms with Gasteiger partial charge in [-0.05, 0) is 0 Å². The van der Waals surface area contributed by atoms with Crippen molar-refractivity contribution in [3.63, 3.8) is 0 Å². The van der Waals surface area contributed by atoms with Crippen LogP contribution >= 0.6 is 0 Å². The molecule has 7 heavy (non-hydrogen) atoms. The molecule has 0 aliphatic heterocycles. The minimum absolute atomic E-state index is 0. The number of rotatable bonds is 0. The van der Waals surface area contributed by atoms with Crippen molar-refractivity contribution in [2.75, 3.05) is 0 Å². The average molecular weight is 178 g/mol. The van der Waals surface area contributed by atoms with Crippen LogP contribution in [-0.4, -0.2) is 9.67 Å². The molecular weight excluding hydrogens is 174 g/mol. The minimum atomic E-state index is -5.38. The van der Waals surface area contributed by atoms with Crippen LogP contribution in [0.3, 0.4) is 0 Å². The third-order valence-electron chi connectivity index (χ3n) is 0. The normalized spacial score (nSPS) is 8.14. The zero-order valence-electron chi connectivity index (χ0n) is 4.55. The van der Waals surface area contributed by atoms with Gasteiger partial charge in [0.25, 0.3) is 0 Å². The van der Waals surface area contributed by atoms with Gasteiger partial charge in [0.15, 0.2) is 0 Å². The topological polar surface area (TPSA) is 103 Å². The molecule has 0 radical (unpaired) electrons. The predicted molar refractivity (Wildman–Crippen MR) is 9.00 cm³/mol. The quantitative estimate of drug-likeness (QED) is 0.377. The predicted octanol–water partition coefficient (Wildman–Crippen LogP) is -4.62. The van der Waals surface area contributed by atoms with E-state index in [0.717, 1.165) is 0 Å². The molecular formula is H4KMnO5. The number of hydrogen-bond donors (Lipinski definition) is 1. The molecule has 0 aromatic rings. The molecule has 0 heterocycles. The van der Waals surface area contributed by atoms with Gasteiger partial charge >= 0.3 is 80.0 Å². The van der Waals surface area contributed by atoms with Crippen molar-refractivity contribution in [1.29, 1.82) is 0 Å². The summed E-state index contributed by atoms with van der Waals surface area (Å²) in [5, 5.41) is 0. The maximum absolute atomic E-state index is 8.69. The summed E-state index contributed by atoms with van der Waals surface area (Å²) in [6.45, 7) is 0. The van der Waals surface area contributed by atoms with E-state index in [1.165, 1.54) is 0 Å². The van der Waals surface area contributed by atoms with Crippen LogP contribution in [0.2, 0.25) is 0 Å². The summed E-state index contributed by atoms with van der Waals surface area (Å²) in [6.07, 6.45) is 0. The first-order chi connectivity index (χ1) is 2.00. The molecule has 3 N–H and O–H groups in total. The van der Waals surface area contributed by atoms with Crippen LogP contribution in [0.1, 0.15) is 1.43 Å². The van der Waals surface area contributed by atoms with Crippen molar-refractivity contribution in [2.24, 2.45) is 0 Å². The number of hydrogen-bond acceptors (Lipinski definition) is 3. The fourth-order valence-corrected chi connectivity index (χ4v) is 0. The Labute approximate surface area is 85.5 Å². The first kappa shape index (κ1) is 15.8. The van der Waals surface area contributed by atoms with Crippen molar-refractivity contribution in [3.8, 4) is 0 Å². The van der Waals surface area contributed by atoms with Gasteiger partial charge in [-0.2, -0.15) is 0 Å². The Morgan fingerprint density at radius 1 is 1.29 bits per heavy atom. The van der Waals surface area contributed by atoms with Gasteiger partial charge in [-0.1, -0.05) is 0 Å². The second kappa shape index (κ2) is 5.61. The first-order valence-corrected chi connectivity index (χ1v) is 2.61. The third kappa shape index (κ3) is 103. The van der Waals surface area contributed by atoms with Crippen LogP contribution in [0, 0.1) is 0 Å². The van der Waals surface area contributed by atoms with Crippen molar-refractivity contribution in [1.82, 2.24) is 0 Å².